The Labute approximate surface area is 108 Å². The van der Waals surface area contributed by atoms with Gasteiger partial charge in [0.05, 0.1) is 0 Å². The van der Waals surface area contributed by atoms with Gasteiger partial charge < -0.3 is 5.32 Å². The van der Waals surface area contributed by atoms with Crippen LogP contribution in [0.5, 0.6) is 0 Å². The van der Waals surface area contributed by atoms with E-state index in [0.717, 1.165) is 17.0 Å². The highest BCUT2D eigenvalue weighted by atomic mass is 14.9. The Morgan fingerprint density at radius 1 is 0.944 bits per heavy atom. The van der Waals surface area contributed by atoms with Crippen molar-refractivity contribution in [3.8, 4) is 0 Å². The van der Waals surface area contributed by atoms with Gasteiger partial charge in [0, 0.05) is 11.4 Å². The third kappa shape index (κ3) is 2.89. The molecule has 0 spiro atoms. The minimum atomic E-state index is 1.08. The van der Waals surface area contributed by atoms with E-state index in [1.807, 2.05) is 42.5 Å². The van der Waals surface area contributed by atoms with Gasteiger partial charge in [-0.15, -0.1) is 0 Å². The molecule has 0 aliphatic heterocycles. The number of hydrogen-bond acceptors (Lipinski definition) is 1. The topological polar surface area (TPSA) is 12.0 Å². The summed E-state index contributed by atoms with van der Waals surface area (Å²) in [7, 11) is 0. The molecule has 0 heterocycles. The SMILES string of the molecule is C=CC(C)=C(Nc1ccccc1)c1ccccc1. The maximum Gasteiger partial charge on any atom is 0.0487 e. The summed E-state index contributed by atoms with van der Waals surface area (Å²) in [5.74, 6) is 0. The molecule has 1 nitrogen and oxygen atoms in total. The number of allylic oxidation sites excluding steroid dienone is 2. The second kappa shape index (κ2) is 5.87. The number of para-hydroxylation sites is 1. The van der Waals surface area contributed by atoms with Crippen LogP contribution in [-0.4, -0.2) is 0 Å². The first-order chi connectivity index (χ1) is 8.81. The average molecular weight is 235 g/mol. The average Bonchev–Trinajstić information content (AvgIpc) is 2.46. The lowest BCUT2D eigenvalue weighted by atomic mass is 10.1. The zero-order valence-corrected chi connectivity index (χ0v) is 10.6. The van der Waals surface area contributed by atoms with Gasteiger partial charge in [-0.05, 0) is 30.2 Å². The second-order valence-corrected chi connectivity index (χ2v) is 4.12. The fourth-order valence-corrected chi connectivity index (χ4v) is 1.77. The van der Waals surface area contributed by atoms with E-state index >= 15 is 0 Å². The molecule has 2 aromatic carbocycles. The molecule has 0 saturated heterocycles. The molecule has 0 atom stereocenters. The molecule has 2 rings (SSSR count). The zero-order valence-electron chi connectivity index (χ0n) is 10.6. The van der Waals surface area contributed by atoms with Crippen molar-refractivity contribution in [2.75, 3.05) is 5.32 Å². The van der Waals surface area contributed by atoms with Crippen LogP contribution in [0.25, 0.3) is 5.70 Å². The molecule has 1 N–H and O–H groups in total. The maximum absolute atomic E-state index is 3.85. The van der Waals surface area contributed by atoms with Crippen LogP contribution in [0.15, 0.2) is 78.9 Å². The largest absolute Gasteiger partial charge is 0.355 e. The first-order valence-electron chi connectivity index (χ1n) is 6.02. The molecule has 0 fully saturated rings. The molecule has 0 aliphatic carbocycles. The Bertz CT molecular complexity index is 538. The predicted molar refractivity (Wildman–Crippen MR) is 79.3 cm³/mol. The number of hydrogen-bond donors (Lipinski definition) is 1. The van der Waals surface area contributed by atoms with Crippen LogP contribution in [-0.2, 0) is 0 Å². The lowest BCUT2D eigenvalue weighted by Crippen LogP contribution is -2.00. The summed E-state index contributed by atoms with van der Waals surface area (Å²) >= 11 is 0. The molecule has 1 heteroatoms. The minimum absolute atomic E-state index is 1.08. The van der Waals surface area contributed by atoms with Crippen molar-refractivity contribution in [1.82, 2.24) is 0 Å². The standard InChI is InChI=1S/C17H17N/c1-3-14(2)17(15-10-6-4-7-11-15)18-16-12-8-5-9-13-16/h3-13,18H,1H2,2H3. The van der Waals surface area contributed by atoms with Crippen LogP contribution in [0, 0.1) is 0 Å². The summed E-state index contributed by atoms with van der Waals surface area (Å²) in [5.41, 5.74) is 4.47. The lowest BCUT2D eigenvalue weighted by Gasteiger charge is -2.13. The first-order valence-corrected chi connectivity index (χ1v) is 6.02. The quantitative estimate of drug-likeness (QED) is 0.756. The van der Waals surface area contributed by atoms with E-state index in [1.165, 1.54) is 5.56 Å². The molecule has 0 saturated carbocycles. The van der Waals surface area contributed by atoms with Crippen molar-refractivity contribution in [1.29, 1.82) is 0 Å². The van der Waals surface area contributed by atoms with Crippen LogP contribution in [0.1, 0.15) is 12.5 Å². The Balaban J connectivity index is 2.37. The molecule has 90 valence electrons. The van der Waals surface area contributed by atoms with Gasteiger partial charge in [0.25, 0.3) is 0 Å². The zero-order chi connectivity index (χ0) is 12.8. The molecule has 18 heavy (non-hydrogen) atoms. The third-order valence-corrected chi connectivity index (χ3v) is 2.81. The van der Waals surface area contributed by atoms with Gasteiger partial charge in [-0.25, -0.2) is 0 Å². The molecule has 0 bridgehead atoms. The summed E-state index contributed by atoms with van der Waals surface area (Å²) in [4.78, 5) is 0. The summed E-state index contributed by atoms with van der Waals surface area (Å²) in [5, 5.41) is 3.45. The summed E-state index contributed by atoms with van der Waals surface area (Å²) in [6.07, 6.45) is 1.87. The number of nitrogens with one attached hydrogen (secondary N) is 1. The number of anilines is 1. The minimum Gasteiger partial charge on any atom is -0.355 e. The molecular weight excluding hydrogens is 218 g/mol. The van der Waals surface area contributed by atoms with E-state index in [9.17, 15) is 0 Å². The predicted octanol–water partition coefficient (Wildman–Crippen LogP) is 4.72. The van der Waals surface area contributed by atoms with Gasteiger partial charge in [0.15, 0.2) is 0 Å². The Kier molecular flexibility index (Phi) is 3.98. The van der Waals surface area contributed by atoms with Crippen LogP contribution >= 0.6 is 0 Å². The fraction of sp³-hybridized carbons (Fsp3) is 0.0588. The normalized spacial score (nSPS) is 11.6. The van der Waals surface area contributed by atoms with Crippen LogP contribution in [0.3, 0.4) is 0 Å². The third-order valence-electron chi connectivity index (χ3n) is 2.81. The Morgan fingerprint density at radius 2 is 1.50 bits per heavy atom. The van der Waals surface area contributed by atoms with Gasteiger partial charge in [-0.2, -0.15) is 0 Å². The highest BCUT2D eigenvalue weighted by molar-refractivity contribution is 5.80. The number of benzene rings is 2. The molecule has 2 aromatic rings. The molecule has 0 unspecified atom stereocenters. The lowest BCUT2D eigenvalue weighted by molar-refractivity contribution is 1.45. The molecule has 0 aromatic heterocycles. The number of rotatable bonds is 4. The fourth-order valence-electron chi connectivity index (χ4n) is 1.77. The maximum atomic E-state index is 3.85. The van der Waals surface area contributed by atoms with Gasteiger partial charge in [-0.1, -0.05) is 61.2 Å². The molecule has 0 amide bonds. The highest BCUT2D eigenvalue weighted by Crippen LogP contribution is 2.21. The first kappa shape index (κ1) is 12.2. The monoisotopic (exact) mass is 235 g/mol. The van der Waals surface area contributed by atoms with Crippen molar-refractivity contribution >= 4 is 11.4 Å². The van der Waals surface area contributed by atoms with E-state index in [-0.39, 0.29) is 0 Å². The van der Waals surface area contributed by atoms with Crippen molar-refractivity contribution in [2.24, 2.45) is 0 Å². The Morgan fingerprint density at radius 3 is 2.06 bits per heavy atom. The van der Waals surface area contributed by atoms with E-state index in [4.69, 9.17) is 0 Å². The Hall–Kier alpha value is -2.28. The van der Waals surface area contributed by atoms with Gasteiger partial charge >= 0.3 is 0 Å². The molecular formula is C17H17N. The van der Waals surface area contributed by atoms with E-state index in [2.05, 4.69) is 43.1 Å². The summed E-state index contributed by atoms with van der Waals surface area (Å²) in [6, 6.07) is 20.5. The second-order valence-electron chi connectivity index (χ2n) is 4.12. The van der Waals surface area contributed by atoms with Crippen molar-refractivity contribution in [3.05, 3.63) is 84.5 Å². The van der Waals surface area contributed by atoms with Gasteiger partial charge in [0.2, 0.25) is 0 Å². The van der Waals surface area contributed by atoms with Gasteiger partial charge in [-0.3, -0.25) is 0 Å². The van der Waals surface area contributed by atoms with E-state index in [1.54, 1.807) is 0 Å². The summed E-state index contributed by atoms with van der Waals surface area (Å²) < 4.78 is 0. The van der Waals surface area contributed by atoms with Crippen molar-refractivity contribution in [2.45, 2.75) is 6.92 Å². The van der Waals surface area contributed by atoms with E-state index in [0.29, 0.717) is 0 Å². The van der Waals surface area contributed by atoms with Crippen LogP contribution in [0.2, 0.25) is 0 Å². The van der Waals surface area contributed by atoms with Crippen molar-refractivity contribution in [3.63, 3.8) is 0 Å². The van der Waals surface area contributed by atoms with Crippen LogP contribution < -0.4 is 5.32 Å². The molecule has 0 aliphatic rings. The van der Waals surface area contributed by atoms with Crippen LogP contribution in [0.4, 0.5) is 5.69 Å². The van der Waals surface area contributed by atoms with Gasteiger partial charge in [0.1, 0.15) is 0 Å². The molecule has 0 radical (unpaired) electrons. The smallest absolute Gasteiger partial charge is 0.0487 e. The van der Waals surface area contributed by atoms with E-state index < -0.39 is 0 Å². The summed E-state index contributed by atoms with van der Waals surface area (Å²) in [6.45, 7) is 5.91. The highest BCUT2D eigenvalue weighted by Gasteiger charge is 2.04. The van der Waals surface area contributed by atoms with Crippen molar-refractivity contribution < 1.29 is 0 Å².